The molecule has 0 spiro atoms. The fraction of sp³-hybridized carbons (Fsp3) is 0.240. The van der Waals surface area contributed by atoms with Crippen LogP contribution in [-0.2, 0) is 13.0 Å². The highest BCUT2D eigenvalue weighted by Gasteiger charge is 2.15. The van der Waals surface area contributed by atoms with E-state index >= 15 is 0 Å². The van der Waals surface area contributed by atoms with Gasteiger partial charge >= 0.3 is 0 Å². The maximum absolute atomic E-state index is 13.2. The third-order valence-corrected chi connectivity index (χ3v) is 5.65. The van der Waals surface area contributed by atoms with E-state index in [0.717, 1.165) is 39.6 Å². The number of aromatic nitrogens is 5. The van der Waals surface area contributed by atoms with Crippen LogP contribution < -0.4 is 10.6 Å². The molecule has 0 aliphatic rings. The molecule has 0 atom stereocenters. The lowest BCUT2D eigenvalue weighted by Gasteiger charge is -2.13. The van der Waals surface area contributed by atoms with Gasteiger partial charge in [-0.3, -0.25) is 4.79 Å². The standard InChI is InChI=1S/C25H27N7O/c1-5-23-29-30-31-32(23)22-13-20(18-8-6-16(2)7-9-18)12-21(14-22)25(33)28-15-19-10-11-27-24(26-4)17(19)3/h6-14H,5,15H2,1-4H3,(H,26,27)(H,28,33). The molecule has 0 aliphatic carbocycles. The van der Waals surface area contributed by atoms with Crippen molar-refractivity contribution in [2.45, 2.75) is 33.7 Å². The highest BCUT2D eigenvalue weighted by molar-refractivity contribution is 5.96. The summed E-state index contributed by atoms with van der Waals surface area (Å²) in [5, 5.41) is 18.2. The zero-order chi connectivity index (χ0) is 23.4. The topological polar surface area (TPSA) is 97.6 Å². The molecule has 1 amide bonds. The lowest BCUT2D eigenvalue weighted by molar-refractivity contribution is 0.0951. The third kappa shape index (κ3) is 4.74. The quantitative estimate of drug-likeness (QED) is 0.452. The molecular weight excluding hydrogens is 414 g/mol. The summed E-state index contributed by atoms with van der Waals surface area (Å²) in [7, 11) is 1.83. The number of hydrogen-bond donors (Lipinski definition) is 2. The van der Waals surface area contributed by atoms with Gasteiger partial charge in [0.2, 0.25) is 0 Å². The van der Waals surface area contributed by atoms with E-state index in [1.165, 1.54) is 5.56 Å². The van der Waals surface area contributed by atoms with Crippen molar-refractivity contribution in [1.29, 1.82) is 0 Å². The number of hydrogen-bond acceptors (Lipinski definition) is 6. The maximum Gasteiger partial charge on any atom is 0.251 e. The molecule has 0 radical (unpaired) electrons. The van der Waals surface area contributed by atoms with Crippen molar-refractivity contribution >= 4 is 11.7 Å². The highest BCUT2D eigenvalue weighted by atomic mass is 16.1. The van der Waals surface area contributed by atoms with Gasteiger partial charge in [-0.25, -0.2) is 4.98 Å². The van der Waals surface area contributed by atoms with Crippen LogP contribution in [0.5, 0.6) is 0 Å². The number of carbonyl (C=O) groups is 1. The molecule has 8 nitrogen and oxygen atoms in total. The third-order valence-electron chi connectivity index (χ3n) is 5.65. The van der Waals surface area contributed by atoms with Gasteiger partial charge in [0.15, 0.2) is 5.82 Å². The summed E-state index contributed by atoms with van der Waals surface area (Å²) in [5.74, 6) is 1.36. The van der Waals surface area contributed by atoms with Gasteiger partial charge in [-0.05, 0) is 70.8 Å². The normalized spacial score (nSPS) is 10.8. The number of aryl methyl sites for hydroxylation is 2. The molecule has 2 N–H and O–H groups in total. The molecule has 0 saturated carbocycles. The smallest absolute Gasteiger partial charge is 0.251 e. The largest absolute Gasteiger partial charge is 0.373 e. The second-order valence-electron chi connectivity index (χ2n) is 7.87. The lowest BCUT2D eigenvalue weighted by atomic mass is 10.0. The molecule has 168 valence electrons. The molecule has 4 aromatic rings. The van der Waals surface area contributed by atoms with Crippen molar-refractivity contribution in [2.75, 3.05) is 12.4 Å². The molecule has 0 fully saturated rings. The molecule has 0 saturated heterocycles. The Kier molecular flexibility index (Phi) is 6.44. The van der Waals surface area contributed by atoms with Crippen molar-refractivity contribution in [3.8, 4) is 16.8 Å². The summed E-state index contributed by atoms with van der Waals surface area (Å²) in [5.41, 5.74) is 6.43. The number of tetrazole rings is 1. The van der Waals surface area contributed by atoms with Crippen LogP contribution in [0.15, 0.2) is 54.7 Å². The van der Waals surface area contributed by atoms with Crippen LogP contribution in [0, 0.1) is 13.8 Å². The summed E-state index contributed by atoms with van der Waals surface area (Å²) >= 11 is 0. The van der Waals surface area contributed by atoms with E-state index in [1.54, 1.807) is 10.9 Å². The molecule has 0 unspecified atom stereocenters. The van der Waals surface area contributed by atoms with Crippen LogP contribution in [0.1, 0.15) is 39.8 Å². The maximum atomic E-state index is 13.2. The van der Waals surface area contributed by atoms with Crippen LogP contribution in [0.25, 0.3) is 16.8 Å². The molecule has 0 bridgehead atoms. The Hall–Kier alpha value is -4.07. The fourth-order valence-corrected chi connectivity index (χ4v) is 3.70. The van der Waals surface area contributed by atoms with Crippen LogP contribution in [-0.4, -0.2) is 38.1 Å². The van der Waals surface area contributed by atoms with E-state index in [0.29, 0.717) is 18.5 Å². The number of nitrogens with zero attached hydrogens (tertiary/aromatic N) is 5. The number of amides is 1. The number of nitrogens with one attached hydrogen (secondary N) is 2. The monoisotopic (exact) mass is 441 g/mol. The average Bonchev–Trinajstić information content (AvgIpc) is 3.32. The predicted molar refractivity (Wildman–Crippen MR) is 128 cm³/mol. The summed E-state index contributed by atoms with van der Waals surface area (Å²) in [4.78, 5) is 17.5. The number of benzene rings is 2. The minimum absolute atomic E-state index is 0.168. The summed E-state index contributed by atoms with van der Waals surface area (Å²) < 4.78 is 1.68. The molecule has 2 aromatic carbocycles. The Morgan fingerprint density at radius 1 is 1.03 bits per heavy atom. The fourth-order valence-electron chi connectivity index (χ4n) is 3.70. The van der Waals surface area contributed by atoms with Crippen LogP contribution in [0.2, 0.25) is 0 Å². The highest BCUT2D eigenvalue weighted by Crippen LogP contribution is 2.25. The number of pyridine rings is 1. The van der Waals surface area contributed by atoms with Gasteiger partial charge in [-0.2, -0.15) is 4.68 Å². The van der Waals surface area contributed by atoms with Crippen molar-refractivity contribution in [3.05, 3.63) is 82.8 Å². The first kappa shape index (κ1) is 22.1. The molecule has 33 heavy (non-hydrogen) atoms. The first-order valence-electron chi connectivity index (χ1n) is 10.9. The Labute approximate surface area is 193 Å². The van der Waals surface area contributed by atoms with E-state index in [2.05, 4.69) is 55.4 Å². The first-order valence-corrected chi connectivity index (χ1v) is 10.9. The van der Waals surface area contributed by atoms with Crippen LogP contribution in [0.3, 0.4) is 0 Å². The second-order valence-corrected chi connectivity index (χ2v) is 7.87. The number of carbonyl (C=O) groups excluding carboxylic acids is 1. The molecular formula is C25H27N7O. The van der Waals surface area contributed by atoms with Crippen molar-refractivity contribution in [3.63, 3.8) is 0 Å². The van der Waals surface area contributed by atoms with Gasteiger partial charge in [-0.1, -0.05) is 36.8 Å². The summed E-state index contributed by atoms with van der Waals surface area (Å²) in [6.45, 7) is 6.43. The van der Waals surface area contributed by atoms with Gasteiger partial charge < -0.3 is 10.6 Å². The Bertz CT molecular complexity index is 1280. The molecule has 2 heterocycles. The van der Waals surface area contributed by atoms with Gasteiger partial charge in [0.1, 0.15) is 5.82 Å². The van der Waals surface area contributed by atoms with Gasteiger partial charge in [-0.15, -0.1) is 5.10 Å². The lowest BCUT2D eigenvalue weighted by Crippen LogP contribution is -2.23. The van der Waals surface area contributed by atoms with E-state index in [4.69, 9.17) is 0 Å². The van der Waals surface area contributed by atoms with Crippen molar-refractivity contribution < 1.29 is 4.79 Å². The molecule has 8 heteroatoms. The Morgan fingerprint density at radius 2 is 1.82 bits per heavy atom. The zero-order valence-corrected chi connectivity index (χ0v) is 19.3. The predicted octanol–water partition coefficient (Wildman–Crippen LogP) is 3.88. The minimum Gasteiger partial charge on any atom is -0.373 e. The van der Waals surface area contributed by atoms with Crippen LogP contribution >= 0.6 is 0 Å². The molecule has 2 aromatic heterocycles. The number of rotatable bonds is 7. The van der Waals surface area contributed by atoms with E-state index < -0.39 is 0 Å². The van der Waals surface area contributed by atoms with Crippen molar-refractivity contribution in [2.24, 2.45) is 0 Å². The van der Waals surface area contributed by atoms with E-state index in [9.17, 15) is 4.79 Å². The van der Waals surface area contributed by atoms with Gasteiger partial charge in [0, 0.05) is 31.8 Å². The van der Waals surface area contributed by atoms with E-state index in [-0.39, 0.29) is 5.91 Å². The molecule has 4 rings (SSSR count). The van der Waals surface area contributed by atoms with E-state index in [1.807, 2.05) is 52.1 Å². The second kappa shape index (κ2) is 9.60. The SMILES string of the molecule is CCc1nnnn1-c1cc(C(=O)NCc2ccnc(NC)c2C)cc(-c2ccc(C)cc2)c1. The van der Waals surface area contributed by atoms with Gasteiger partial charge in [0.05, 0.1) is 5.69 Å². The van der Waals surface area contributed by atoms with Gasteiger partial charge in [0.25, 0.3) is 5.91 Å². The van der Waals surface area contributed by atoms with Crippen LogP contribution in [0.4, 0.5) is 5.82 Å². The Balaban J connectivity index is 1.69. The minimum atomic E-state index is -0.168. The van der Waals surface area contributed by atoms with Crippen molar-refractivity contribution in [1.82, 2.24) is 30.5 Å². The zero-order valence-electron chi connectivity index (χ0n) is 19.3. The number of anilines is 1. The average molecular weight is 442 g/mol. The molecule has 0 aliphatic heterocycles. The summed E-state index contributed by atoms with van der Waals surface area (Å²) in [6, 6.07) is 15.9. The Morgan fingerprint density at radius 3 is 2.55 bits per heavy atom. The summed E-state index contributed by atoms with van der Waals surface area (Å²) in [6.07, 6.45) is 2.42. The first-order chi connectivity index (χ1) is 16.0.